The maximum atomic E-state index is 13.8. The van der Waals surface area contributed by atoms with Crippen LogP contribution in [0.15, 0.2) is 72.8 Å². The largest absolute Gasteiger partial charge is 0.364 e. The molecule has 0 fully saturated rings. The minimum Gasteiger partial charge on any atom is -0.364 e. The van der Waals surface area contributed by atoms with Crippen LogP contribution in [0.2, 0.25) is 0 Å². The Morgan fingerprint density at radius 2 is 1.56 bits per heavy atom. The summed E-state index contributed by atoms with van der Waals surface area (Å²) in [5.74, 6) is 0.764. The summed E-state index contributed by atoms with van der Waals surface area (Å²) in [5, 5.41) is 0. The van der Waals surface area contributed by atoms with E-state index < -0.39 is 0 Å². The molecule has 4 aromatic rings. The molecule has 0 aliphatic carbocycles. The zero-order valence-electron chi connectivity index (χ0n) is 18.9. The zero-order valence-corrected chi connectivity index (χ0v) is 18.9. The van der Waals surface area contributed by atoms with Gasteiger partial charge in [-0.15, -0.1) is 0 Å². The molecule has 5 nitrogen and oxygen atoms in total. The number of amides is 1. The molecule has 164 valence electrons. The van der Waals surface area contributed by atoms with Crippen LogP contribution in [0.3, 0.4) is 0 Å². The van der Waals surface area contributed by atoms with Gasteiger partial charge in [-0.1, -0.05) is 74.5 Å². The highest BCUT2D eigenvalue weighted by Crippen LogP contribution is 2.29. The van der Waals surface area contributed by atoms with Gasteiger partial charge in [-0.3, -0.25) is 9.69 Å². The summed E-state index contributed by atoms with van der Waals surface area (Å²) in [6, 6.07) is 24.2. The van der Waals surface area contributed by atoms with Gasteiger partial charge in [0.2, 0.25) is 5.91 Å². The Morgan fingerprint density at radius 3 is 2.22 bits per heavy atom. The molecule has 0 atom stereocenters. The van der Waals surface area contributed by atoms with Gasteiger partial charge in [0.05, 0.1) is 16.7 Å². The van der Waals surface area contributed by atoms with Crippen molar-refractivity contribution in [2.24, 2.45) is 0 Å². The molecule has 5 heteroatoms. The fraction of sp³-hybridized carbons (Fsp3) is 0.259. The number of hydrogen-bond donors (Lipinski definition) is 0. The van der Waals surface area contributed by atoms with Crippen molar-refractivity contribution in [2.75, 3.05) is 18.7 Å². The number of hydrogen-bond acceptors (Lipinski definition) is 3. The number of aryl methyl sites for hydroxylation is 2. The highest BCUT2D eigenvalue weighted by Gasteiger charge is 2.23. The van der Waals surface area contributed by atoms with Gasteiger partial charge in [0, 0.05) is 12.7 Å². The molecule has 0 aliphatic heterocycles. The third-order valence-electron chi connectivity index (χ3n) is 5.77. The first-order valence-corrected chi connectivity index (χ1v) is 11.1. The average Bonchev–Trinajstić information content (AvgIpc) is 3.21. The van der Waals surface area contributed by atoms with E-state index in [0.717, 1.165) is 52.1 Å². The summed E-state index contributed by atoms with van der Waals surface area (Å²) >= 11 is 0. The molecular weight excluding hydrogens is 398 g/mol. The lowest BCUT2D eigenvalue weighted by Crippen LogP contribution is -2.37. The molecule has 0 saturated carbocycles. The van der Waals surface area contributed by atoms with E-state index in [1.54, 1.807) is 12.0 Å². The minimum absolute atomic E-state index is 0.0252. The number of fused-ring (bicyclic) bond motifs is 1. The molecule has 0 radical (unpaired) electrons. The number of carbonyl (C=O) groups is 1. The molecule has 0 unspecified atom stereocenters. The van der Waals surface area contributed by atoms with E-state index in [4.69, 9.17) is 9.72 Å². The van der Waals surface area contributed by atoms with Crippen molar-refractivity contribution < 1.29 is 9.53 Å². The number of nitrogens with zero attached hydrogens (tertiary/aromatic N) is 3. The standard InChI is InChI=1S/C27H29N3O2/c1-4-20-14-11-15-21(5-2)26(20)30(19-32-3)25(31)18-29-24-17-10-9-16-23(24)28-27(29)22-12-7-6-8-13-22/h6-17H,4-5,18-19H2,1-3H3. The first kappa shape index (κ1) is 21.8. The Hall–Kier alpha value is -3.44. The maximum absolute atomic E-state index is 13.8. The minimum atomic E-state index is -0.0252. The average molecular weight is 428 g/mol. The monoisotopic (exact) mass is 427 g/mol. The number of aromatic nitrogens is 2. The smallest absolute Gasteiger partial charge is 0.248 e. The number of methoxy groups -OCH3 is 1. The van der Waals surface area contributed by atoms with Crippen LogP contribution in [0.5, 0.6) is 0 Å². The van der Waals surface area contributed by atoms with Crippen LogP contribution in [0, 0.1) is 0 Å². The van der Waals surface area contributed by atoms with Gasteiger partial charge >= 0.3 is 0 Å². The van der Waals surface area contributed by atoms with Crippen LogP contribution in [0.4, 0.5) is 5.69 Å². The summed E-state index contributed by atoms with van der Waals surface area (Å²) < 4.78 is 7.49. The molecule has 3 aromatic carbocycles. The topological polar surface area (TPSA) is 47.4 Å². The Balaban J connectivity index is 1.79. The molecular formula is C27H29N3O2. The Kier molecular flexibility index (Phi) is 6.66. The molecule has 1 heterocycles. The third kappa shape index (κ3) is 4.16. The van der Waals surface area contributed by atoms with Crippen LogP contribution < -0.4 is 4.90 Å². The highest BCUT2D eigenvalue weighted by atomic mass is 16.5. The molecule has 4 rings (SSSR count). The van der Waals surface area contributed by atoms with E-state index in [1.165, 1.54) is 0 Å². The van der Waals surface area contributed by atoms with E-state index in [0.29, 0.717) is 0 Å². The van der Waals surface area contributed by atoms with E-state index in [1.807, 2.05) is 59.2 Å². The molecule has 0 saturated heterocycles. The van der Waals surface area contributed by atoms with Crippen LogP contribution >= 0.6 is 0 Å². The van der Waals surface area contributed by atoms with Crippen molar-refractivity contribution in [3.8, 4) is 11.4 Å². The van der Waals surface area contributed by atoms with Crippen molar-refractivity contribution >= 4 is 22.6 Å². The van der Waals surface area contributed by atoms with E-state index in [9.17, 15) is 4.79 Å². The Labute approximate surface area is 189 Å². The van der Waals surface area contributed by atoms with E-state index in [-0.39, 0.29) is 19.2 Å². The summed E-state index contributed by atoms with van der Waals surface area (Å²) in [5.41, 5.74) is 6.06. The van der Waals surface area contributed by atoms with Gasteiger partial charge in [-0.05, 0) is 36.1 Å². The second-order valence-electron chi connectivity index (χ2n) is 7.75. The summed E-state index contributed by atoms with van der Waals surface area (Å²) in [6.07, 6.45) is 1.69. The van der Waals surface area contributed by atoms with Crippen molar-refractivity contribution in [1.29, 1.82) is 0 Å². The Bertz CT molecular complexity index is 1190. The number of anilines is 1. The molecule has 0 aliphatic rings. The predicted octanol–water partition coefficient (Wildman–Crippen LogP) is 5.47. The fourth-order valence-electron chi connectivity index (χ4n) is 4.22. The normalized spacial score (nSPS) is 11.1. The van der Waals surface area contributed by atoms with Crippen molar-refractivity contribution in [3.63, 3.8) is 0 Å². The van der Waals surface area contributed by atoms with Crippen LogP contribution in [-0.2, 0) is 28.9 Å². The molecule has 0 N–H and O–H groups in total. The molecule has 0 spiro atoms. The predicted molar refractivity (Wildman–Crippen MR) is 130 cm³/mol. The van der Waals surface area contributed by atoms with E-state index in [2.05, 4.69) is 32.0 Å². The van der Waals surface area contributed by atoms with Crippen molar-refractivity contribution in [1.82, 2.24) is 9.55 Å². The first-order valence-electron chi connectivity index (χ1n) is 11.1. The van der Waals surface area contributed by atoms with Gasteiger partial charge in [-0.25, -0.2) is 4.98 Å². The number of ether oxygens (including phenoxy) is 1. The lowest BCUT2D eigenvalue weighted by molar-refractivity contribution is -0.120. The number of benzene rings is 3. The zero-order chi connectivity index (χ0) is 22.5. The van der Waals surface area contributed by atoms with Crippen molar-refractivity contribution in [2.45, 2.75) is 33.2 Å². The Morgan fingerprint density at radius 1 is 0.906 bits per heavy atom. The van der Waals surface area contributed by atoms with Gasteiger partial charge in [0.25, 0.3) is 0 Å². The fourth-order valence-corrected chi connectivity index (χ4v) is 4.22. The second kappa shape index (κ2) is 9.79. The van der Waals surface area contributed by atoms with Gasteiger partial charge < -0.3 is 9.30 Å². The van der Waals surface area contributed by atoms with Crippen molar-refractivity contribution in [3.05, 3.63) is 83.9 Å². The summed E-state index contributed by atoms with van der Waals surface area (Å²) in [7, 11) is 1.63. The molecule has 1 aromatic heterocycles. The lowest BCUT2D eigenvalue weighted by Gasteiger charge is -2.27. The third-order valence-corrected chi connectivity index (χ3v) is 5.77. The van der Waals surface area contributed by atoms with Crippen LogP contribution in [0.1, 0.15) is 25.0 Å². The highest BCUT2D eigenvalue weighted by molar-refractivity contribution is 5.96. The van der Waals surface area contributed by atoms with E-state index >= 15 is 0 Å². The number of imidazole rings is 1. The molecule has 32 heavy (non-hydrogen) atoms. The molecule has 1 amide bonds. The lowest BCUT2D eigenvalue weighted by atomic mass is 10.0. The second-order valence-corrected chi connectivity index (χ2v) is 7.75. The van der Waals surface area contributed by atoms with Crippen LogP contribution in [-0.4, -0.2) is 29.3 Å². The quantitative estimate of drug-likeness (QED) is 0.351. The van der Waals surface area contributed by atoms with Crippen LogP contribution in [0.25, 0.3) is 22.4 Å². The van der Waals surface area contributed by atoms with Gasteiger partial charge in [0.15, 0.2) is 0 Å². The number of para-hydroxylation sites is 3. The van der Waals surface area contributed by atoms with Gasteiger partial charge in [0.1, 0.15) is 19.1 Å². The summed E-state index contributed by atoms with van der Waals surface area (Å²) in [4.78, 5) is 20.4. The summed E-state index contributed by atoms with van der Waals surface area (Å²) in [6.45, 7) is 4.61. The number of rotatable bonds is 8. The SMILES string of the molecule is CCc1cccc(CC)c1N(COC)C(=O)Cn1c(-c2ccccc2)nc2ccccc21. The number of carbonyl (C=O) groups excluding carboxylic acids is 1. The maximum Gasteiger partial charge on any atom is 0.248 e. The first-order chi connectivity index (χ1) is 15.7. The van der Waals surface area contributed by atoms with Gasteiger partial charge in [-0.2, -0.15) is 0 Å². The molecule has 0 bridgehead atoms.